The highest BCUT2D eigenvalue weighted by atomic mass is 79.9. The summed E-state index contributed by atoms with van der Waals surface area (Å²) in [5.41, 5.74) is 2.23. The highest BCUT2D eigenvalue weighted by Crippen LogP contribution is 2.25. The molecule has 0 fully saturated rings. The molecule has 0 aliphatic carbocycles. The molecule has 3 rings (SSSR count). The quantitative estimate of drug-likeness (QED) is 0.576. The topological polar surface area (TPSA) is 70.1 Å². The summed E-state index contributed by atoms with van der Waals surface area (Å²) < 4.78 is 14.1. The van der Waals surface area contributed by atoms with Crippen LogP contribution in [-0.4, -0.2) is 28.2 Å². The van der Waals surface area contributed by atoms with Gasteiger partial charge in [0.15, 0.2) is 0 Å². The van der Waals surface area contributed by atoms with Crippen LogP contribution in [0.2, 0.25) is 0 Å². The number of hydrogen-bond acceptors (Lipinski definition) is 5. The molecule has 7 heteroatoms. The number of anilines is 3. The molecule has 3 aromatic rings. The van der Waals surface area contributed by atoms with E-state index in [0.29, 0.717) is 28.5 Å². The van der Waals surface area contributed by atoms with Crippen LogP contribution in [0.25, 0.3) is 11.3 Å². The highest BCUT2D eigenvalue weighted by molar-refractivity contribution is 9.10. The lowest BCUT2D eigenvalue weighted by Crippen LogP contribution is -2.10. The second-order valence-corrected chi connectivity index (χ2v) is 6.09. The first-order chi connectivity index (χ1) is 12.2. The van der Waals surface area contributed by atoms with Gasteiger partial charge >= 0.3 is 0 Å². The molecule has 0 radical (unpaired) electrons. The minimum Gasteiger partial charge on any atom is -0.395 e. The maximum atomic E-state index is 13.7. The summed E-state index contributed by atoms with van der Waals surface area (Å²) in [5, 5.41) is 15.0. The third-order valence-electron chi connectivity index (χ3n) is 3.38. The van der Waals surface area contributed by atoms with Crippen molar-refractivity contribution in [3.8, 4) is 11.3 Å². The Kier molecular flexibility index (Phi) is 5.57. The summed E-state index contributed by atoms with van der Waals surface area (Å²) in [4.78, 5) is 8.82. The van der Waals surface area contributed by atoms with Gasteiger partial charge in [-0.25, -0.2) is 9.37 Å². The van der Waals surface area contributed by atoms with Crippen LogP contribution >= 0.6 is 15.9 Å². The summed E-state index contributed by atoms with van der Waals surface area (Å²) in [6.45, 7) is 0.310. The lowest BCUT2D eigenvalue weighted by molar-refractivity contribution is 0.311. The van der Waals surface area contributed by atoms with E-state index in [9.17, 15) is 4.39 Å². The van der Waals surface area contributed by atoms with Crippen molar-refractivity contribution < 1.29 is 9.50 Å². The normalized spacial score (nSPS) is 10.5. The Hall–Kier alpha value is -2.51. The molecule has 2 aromatic carbocycles. The van der Waals surface area contributed by atoms with Gasteiger partial charge in [0, 0.05) is 23.9 Å². The van der Waals surface area contributed by atoms with Crippen LogP contribution in [-0.2, 0) is 0 Å². The molecule has 0 unspecified atom stereocenters. The van der Waals surface area contributed by atoms with Gasteiger partial charge in [-0.1, -0.05) is 30.3 Å². The molecule has 3 N–H and O–H groups in total. The van der Waals surface area contributed by atoms with E-state index in [1.54, 1.807) is 18.2 Å². The van der Waals surface area contributed by atoms with Gasteiger partial charge in [0.25, 0.3) is 0 Å². The Bertz CT molecular complexity index is 861. The third-order valence-corrected chi connectivity index (χ3v) is 4.03. The molecular weight excluding hydrogens is 387 g/mol. The van der Waals surface area contributed by atoms with Gasteiger partial charge in [-0.3, -0.25) is 0 Å². The van der Waals surface area contributed by atoms with E-state index in [-0.39, 0.29) is 12.4 Å². The first-order valence-corrected chi connectivity index (χ1v) is 8.46. The molecule has 25 heavy (non-hydrogen) atoms. The van der Waals surface area contributed by atoms with E-state index >= 15 is 0 Å². The minimum atomic E-state index is -0.360. The van der Waals surface area contributed by atoms with Gasteiger partial charge in [-0.15, -0.1) is 0 Å². The molecule has 1 aromatic heterocycles. The van der Waals surface area contributed by atoms with Crippen molar-refractivity contribution in [1.82, 2.24) is 9.97 Å². The molecule has 0 spiro atoms. The van der Waals surface area contributed by atoms with Gasteiger partial charge < -0.3 is 15.7 Å². The first-order valence-electron chi connectivity index (χ1n) is 7.67. The molecule has 0 amide bonds. The number of hydrogen-bond donors (Lipinski definition) is 3. The number of halogens is 2. The zero-order valence-electron chi connectivity index (χ0n) is 13.2. The number of aliphatic hydroxyl groups is 1. The third kappa shape index (κ3) is 4.52. The summed E-state index contributed by atoms with van der Waals surface area (Å²) in [7, 11) is 0. The van der Waals surface area contributed by atoms with Crippen LogP contribution in [0.1, 0.15) is 0 Å². The van der Waals surface area contributed by atoms with E-state index in [1.807, 2.05) is 30.3 Å². The van der Waals surface area contributed by atoms with Crippen molar-refractivity contribution in [3.63, 3.8) is 0 Å². The molecule has 0 bridgehead atoms. The SMILES string of the molecule is OCCNc1nc(Nc2ccc(Br)c(F)c2)cc(-c2ccccc2)n1. The molecule has 128 valence electrons. The predicted octanol–water partition coefficient (Wildman–Crippen LogP) is 4.19. The second kappa shape index (κ2) is 8.04. The molecule has 0 atom stereocenters. The number of benzene rings is 2. The number of nitrogens with zero attached hydrogens (tertiary/aromatic N) is 2. The zero-order valence-corrected chi connectivity index (χ0v) is 14.8. The smallest absolute Gasteiger partial charge is 0.225 e. The molecule has 0 aliphatic rings. The fraction of sp³-hybridized carbons (Fsp3) is 0.111. The van der Waals surface area contributed by atoms with Gasteiger partial charge in [-0.05, 0) is 34.1 Å². The second-order valence-electron chi connectivity index (χ2n) is 5.23. The van der Waals surface area contributed by atoms with Crippen LogP contribution in [0.4, 0.5) is 21.8 Å². The Morgan fingerprint density at radius 1 is 1.04 bits per heavy atom. The van der Waals surface area contributed by atoms with Crippen LogP contribution in [0.3, 0.4) is 0 Å². The monoisotopic (exact) mass is 402 g/mol. The summed E-state index contributed by atoms with van der Waals surface area (Å²) in [6, 6.07) is 16.2. The highest BCUT2D eigenvalue weighted by Gasteiger charge is 2.08. The lowest BCUT2D eigenvalue weighted by Gasteiger charge is -2.11. The number of aliphatic hydroxyl groups excluding tert-OH is 1. The van der Waals surface area contributed by atoms with Crippen molar-refractivity contribution in [3.05, 3.63) is 64.9 Å². The summed E-state index contributed by atoms with van der Waals surface area (Å²) >= 11 is 3.13. The van der Waals surface area contributed by atoms with Gasteiger partial charge in [-0.2, -0.15) is 4.98 Å². The average Bonchev–Trinajstić information content (AvgIpc) is 2.63. The van der Waals surface area contributed by atoms with E-state index in [0.717, 1.165) is 11.3 Å². The maximum Gasteiger partial charge on any atom is 0.225 e. The van der Waals surface area contributed by atoms with Crippen molar-refractivity contribution in [2.45, 2.75) is 0 Å². The minimum absolute atomic E-state index is 0.0282. The maximum absolute atomic E-state index is 13.7. The predicted molar refractivity (Wildman–Crippen MR) is 100 cm³/mol. The first kappa shape index (κ1) is 17.3. The molecule has 0 saturated carbocycles. The van der Waals surface area contributed by atoms with Crippen LogP contribution in [0.15, 0.2) is 59.1 Å². The Labute approximate surface area is 153 Å². The summed E-state index contributed by atoms with van der Waals surface area (Å²) in [6.07, 6.45) is 0. The van der Waals surface area contributed by atoms with Crippen LogP contribution in [0.5, 0.6) is 0 Å². The average molecular weight is 403 g/mol. The van der Waals surface area contributed by atoms with E-state index < -0.39 is 0 Å². The molecular formula is C18H16BrFN4O. The fourth-order valence-electron chi connectivity index (χ4n) is 2.24. The number of aromatic nitrogens is 2. The molecule has 5 nitrogen and oxygen atoms in total. The Morgan fingerprint density at radius 3 is 2.56 bits per heavy atom. The van der Waals surface area contributed by atoms with Crippen molar-refractivity contribution in [2.24, 2.45) is 0 Å². The standard InChI is InChI=1S/C18H16BrFN4O/c19-14-7-6-13(10-15(14)20)22-17-11-16(12-4-2-1-3-5-12)23-18(24-17)21-8-9-25/h1-7,10-11,25H,8-9H2,(H2,21,22,23,24). The van der Waals surface area contributed by atoms with E-state index in [2.05, 4.69) is 36.5 Å². The van der Waals surface area contributed by atoms with Crippen LogP contribution in [0, 0.1) is 5.82 Å². The Morgan fingerprint density at radius 2 is 1.84 bits per heavy atom. The Balaban J connectivity index is 1.95. The lowest BCUT2D eigenvalue weighted by atomic mass is 10.1. The van der Waals surface area contributed by atoms with Crippen molar-refractivity contribution in [1.29, 1.82) is 0 Å². The van der Waals surface area contributed by atoms with Crippen molar-refractivity contribution >= 4 is 33.4 Å². The molecule has 1 heterocycles. The molecule has 0 aliphatic heterocycles. The summed E-state index contributed by atoms with van der Waals surface area (Å²) in [5.74, 6) is 0.549. The van der Waals surface area contributed by atoms with E-state index in [4.69, 9.17) is 5.11 Å². The van der Waals surface area contributed by atoms with E-state index in [1.165, 1.54) is 6.07 Å². The molecule has 0 saturated heterocycles. The van der Waals surface area contributed by atoms with Crippen molar-refractivity contribution in [2.75, 3.05) is 23.8 Å². The van der Waals surface area contributed by atoms with Gasteiger partial charge in [0.1, 0.15) is 11.6 Å². The fourth-order valence-corrected chi connectivity index (χ4v) is 2.48. The van der Waals surface area contributed by atoms with Crippen LogP contribution < -0.4 is 10.6 Å². The zero-order chi connectivity index (χ0) is 17.6. The van der Waals surface area contributed by atoms with Gasteiger partial charge in [0.05, 0.1) is 16.8 Å². The van der Waals surface area contributed by atoms with Gasteiger partial charge in [0.2, 0.25) is 5.95 Å². The largest absolute Gasteiger partial charge is 0.395 e. The number of rotatable bonds is 6. The number of nitrogens with one attached hydrogen (secondary N) is 2.